The van der Waals surface area contributed by atoms with E-state index in [1.54, 1.807) is 6.07 Å². The number of aromatic amines is 1. The third kappa shape index (κ3) is 4.26. The van der Waals surface area contributed by atoms with E-state index in [9.17, 15) is 9.18 Å². The molecule has 0 aliphatic carbocycles. The van der Waals surface area contributed by atoms with Crippen LogP contribution in [-0.2, 0) is 12.8 Å². The molecular formula is C15H15ClFIN2O. The molecule has 2 rings (SSSR count). The summed E-state index contributed by atoms with van der Waals surface area (Å²) in [5.41, 5.74) is 1.38. The van der Waals surface area contributed by atoms with Crippen LogP contribution in [0, 0.1) is 15.3 Å². The van der Waals surface area contributed by atoms with Gasteiger partial charge in [-0.25, -0.2) is 9.37 Å². The van der Waals surface area contributed by atoms with Crippen molar-refractivity contribution < 1.29 is 4.39 Å². The number of hydrogen-bond acceptors (Lipinski definition) is 2. The molecule has 0 fully saturated rings. The zero-order valence-electron chi connectivity index (χ0n) is 11.7. The molecule has 0 atom stereocenters. The summed E-state index contributed by atoms with van der Waals surface area (Å²) in [5.74, 6) is 0.577. The molecule has 112 valence electrons. The third-order valence-electron chi connectivity index (χ3n) is 2.96. The molecule has 1 N–H and O–H groups in total. The van der Waals surface area contributed by atoms with Gasteiger partial charge in [-0.05, 0) is 52.6 Å². The number of halogens is 3. The number of nitrogens with zero attached hydrogens (tertiary/aromatic N) is 1. The normalized spacial score (nSPS) is 11.1. The maximum absolute atomic E-state index is 13.1. The van der Waals surface area contributed by atoms with Crippen LogP contribution in [0.15, 0.2) is 23.0 Å². The van der Waals surface area contributed by atoms with E-state index in [1.807, 2.05) is 22.6 Å². The number of aromatic nitrogens is 2. The van der Waals surface area contributed by atoms with E-state index < -0.39 is 0 Å². The van der Waals surface area contributed by atoms with Gasteiger partial charge in [0.1, 0.15) is 11.6 Å². The predicted molar refractivity (Wildman–Crippen MR) is 90.3 cm³/mol. The molecule has 2 aromatic rings. The number of nitrogens with one attached hydrogen (secondary N) is 1. The number of rotatable bonds is 4. The van der Waals surface area contributed by atoms with Crippen molar-refractivity contribution in [1.29, 1.82) is 0 Å². The molecule has 0 amide bonds. The largest absolute Gasteiger partial charge is 0.309 e. The first-order chi connectivity index (χ1) is 9.86. The molecule has 0 spiro atoms. The first-order valence-electron chi connectivity index (χ1n) is 6.58. The lowest BCUT2D eigenvalue weighted by molar-refractivity contribution is 0.624. The zero-order chi connectivity index (χ0) is 15.6. The fourth-order valence-corrected chi connectivity index (χ4v) is 2.72. The van der Waals surface area contributed by atoms with Crippen molar-refractivity contribution in [3.05, 3.63) is 60.0 Å². The standard InChI is InChI=1S/C15H15ClFIN2O/c1-8(2)5-12-14(18)15(21)20-13(19-12)6-9-3-4-10(17)7-11(9)16/h3-4,7-8H,5-6H2,1-2H3,(H,19,20,21). The Hall–Kier alpha value is -0.950. The quantitative estimate of drug-likeness (QED) is 0.761. The van der Waals surface area contributed by atoms with Crippen molar-refractivity contribution in [3.8, 4) is 0 Å². The second kappa shape index (κ2) is 6.87. The second-order valence-electron chi connectivity index (χ2n) is 5.28. The SMILES string of the molecule is CC(C)Cc1nc(Cc2ccc(F)cc2Cl)[nH]c(=O)c1I. The van der Waals surface area contributed by atoms with Gasteiger partial charge in [0, 0.05) is 11.4 Å². The van der Waals surface area contributed by atoms with Gasteiger partial charge >= 0.3 is 0 Å². The van der Waals surface area contributed by atoms with Crippen LogP contribution >= 0.6 is 34.2 Å². The van der Waals surface area contributed by atoms with Crippen molar-refractivity contribution in [2.75, 3.05) is 0 Å². The summed E-state index contributed by atoms with van der Waals surface area (Å²) in [6.45, 7) is 4.16. The van der Waals surface area contributed by atoms with Crippen LogP contribution in [0.3, 0.4) is 0 Å². The molecular weight excluding hydrogens is 406 g/mol. The van der Waals surface area contributed by atoms with Gasteiger partial charge in [0.25, 0.3) is 5.56 Å². The van der Waals surface area contributed by atoms with E-state index in [4.69, 9.17) is 11.6 Å². The van der Waals surface area contributed by atoms with Gasteiger partial charge in [0.15, 0.2) is 0 Å². The van der Waals surface area contributed by atoms with E-state index in [0.717, 1.165) is 17.7 Å². The highest BCUT2D eigenvalue weighted by atomic mass is 127. The van der Waals surface area contributed by atoms with Gasteiger partial charge < -0.3 is 4.98 Å². The summed E-state index contributed by atoms with van der Waals surface area (Å²) in [4.78, 5) is 19.2. The Labute approximate surface area is 141 Å². The smallest absolute Gasteiger partial charge is 0.264 e. The summed E-state index contributed by atoms with van der Waals surface area (Å²) < 4.78 is 13.7. The van der Waals surface area contributed by atoms with Gasteiger partial charge in [-0.2, -0.15) is 0 Å². The first-order valence-corrected chi connectivity index (χ1v) is 8.04. The molecule has 0 saturated carbocycles. The molecule has 6 heteroatoms. The van der Waals surface area contributed by atoms with Crippen LogP contribution in [0.1, 0.15) is 30.9 Å². The Balaban J connectivity index is 2.36. The van der Waals surface area contributed by atoms with Crippen LogP contribution in [0.5, 0.6) is 0 Å². The summed E-state index contributed by atoms with van der Waals surface area (Å²) in [6, 6.07) is 4.22. The summed E-state index contributed by atoms with van der Waals surface area (Å²) in [5, 5.41) is 0.335. The first kappa shape index (κ1) is 16.4. The molecule has 0 saturated heterocycles. The van der Waals surface area contributed by atoms with E-state index in [0.29, 0.717) is 26.8 Å². The van der Waals surface area contributed by atoms with Gasteiger partial charge in [0.2, 0.25) is 0 Å². The Kier molecular flexibility index (Phi) is 5.37. The fraction of sp³-hybridized carbons (Fsp3) is 0.333. The lowest BCUT2D eigenvalue weighted by Gasteiger charge is -2.09. The minimum Gasteiger partial charge on any atom is -0.309 e. The van der Waals surface area contributed by atoms with E-state index in [2.05, 4.69) is 23.8 Å². The van der Waals surface area contributed by atoms with Crippen LogP contribution in [0.2, 0.25) is 5.02 Å². The lowest BCUT2D eigenvalue weighted by Crippen LogP contribution is -2.19. The van der Waals surface area contributed by atoms with Gasteiger partial charge in [0.05, 0.1) is 9.26 Å². The topological polar surface area (TPSA) is 45.8 Å². The second-order valence-corrected chi connectivity index (χ2v) is 6.77. The van der Waals surface area contributed by atoms with Crippen LogP contribution in [0.25, 0.3) is 0 Å². The minimum atomic E-state index is -0.381. The highest BCUT2D eigenvalue weighted by molar-refractivity contribution is 14.1. The highest BCUT2D eigenvalue weighted by Crippen LogP contribution is 2.20. The maximum Gasteiger partial charge on any atom is 0.264 e. The van der Waals surface area contributed by atoms with E-state index in [1.165, 1.54) is 12.1 Å². The van der Waals surface area contributed by atoms with Crippen molar-refractivity contribution in [2.45, 2.75) is 26.7 Å². The van der Waals surface area contributed by atoms with Crippen molar-refractivity contribution in [3.63, 3.8) is 0 Å². The monoisotopic (exact) mass is 420 g/mol. The van der Waals surface area contributed by atoms with Gasteiger partial charge in [-0.3, -0.25) is 4.79 Å². The fourth-order valence-electron chi connectivity index (χ4n) is 2.01. The summed E-state index contributed by atoms with van der Waals surface area (Å²) in [7, 11) is 0. The number of H-pyrrole nitrogens is 1. The predicted octanol–water partition coefficient (Wildman–Crippen LogP) is 3.96. The van der Waals surface area contributed by atoms with E-state index in [-0.39, 0.29) is 11.4 Å². The molecule has 1 aromatic carbocycles. The maximum atomic E-state index is 13.1. The molecule has 0 bridgehead atoms. The average molecular weight is 421 g/mol. The van der Waals surface area contributed by atoms with Gasteiger partial charge in [-0.1, -0.05) is 31.5 Å². The molecule has 21 heavy (non-hydrogen) atoms. The van der Waals surface area contributed by atoms with E-state index >= 15 is 0 Å². The molecule has 1 aromatic heterocycles. The molecule has 0 radical (unpaired) electrons. The Bertz CT molecular complexity index is 715. The Morgan fingerprint density at radius 2 is 2.14 bits per heavy atom. The van der Waals surface area contributed by atoms with Crippen molar-refractivity contribution in [1.82, 2.24) is 9.97 Å². The molecule has 0 aliphatic rings. The Morgan fingerprint density at radius 3 is 2.76 bits per heavy atom. The minimum absolute atomic E-state index is 0.144. The number of benzene rings is 1. The summed E-state index contributed by atoms with van der Waals surface area (Å²) in [6.07, 6.45) is 1.11. The number of hydrogen-bond donors (Lipinski definition) is 1. The third-order valence-corrected chi connectivity index (χ3v) is 4.42. The Morgan fingerprint density at radius 1 is 1.43 bits per heavy atom. The highest BCUT2D eigenvalue weighted by Gasteiger charge is 2.12. The van der Waals surface area contributed by atoms with Crippen LogP contribution in [0.4, 0.5) is 4.39 Å². The molecule has 1 heterocycles. The molecule has 0 aliphatic heterocycles. The average Bonchev–Trinajstić information content (AvgIpc) is 2.38. The van der Waals surface area contributed by atoms with Crippen LogP contribution < -0.4 is 5.56 Å². The van der Waals surface area contributed by atoms with Crippen molar-refractivity contribution >= 4 is 34.2 Å². The summed E-state index contributed by atoms with van der Waals surface area (Å²) >= 11 is 8.03. The van der Waals surface area contributed by atoms with Crippen molar-refractivity contribution in [2.24, 2.45) is 5.92 Å². The zero-order valence-corrected chi connectivity index (χ0v) is 14.6. The molecule has 0 unspecified atom stereocenters. The van der Waals surface area contributed by atoms with Gasteiger partial charge in [-0.15, -0.1) is 0 Å². The van der Waals surface area contributed by atoms with Crippen LogP contribution in [-0.4, -0.2) is 9.97 Å². The molecule has 3 nitrogen and oxygen atoms in total. The lowest BCUT2D eigenvalue weighted by atomic mass is 10.1.